The van der Waals surface area contributed by atoms with Crippen LogP contribution in [0.1, 0.15) is 21.7 Å². The maximum atomic E-state index is 12.5. The zero-order valence-electron chi connectivity index (χ0n) is 14.4. The fourth-order valence-electron chi connectivity index (χ4n) is 3.07. The summed E-state index contributed by atoms with van der Waals surface area (Å²) in [6, 6.07) is 16.6. The summed E-state index contributed by atoms with van der Waals surface area (Å²) in [4.78, 5) is 26.3. The van der Waals surface area contributed by atoms with Crippen molar-refractivity contribution in [3.05, 3.63) is 82.1 Å². The van der Waals surface area contributed by atoms with E-state index < -0.39 is 5.76 Å². The van der Waals surface area contributed by atoms with Gasteiger partial charge in [0.1, 0.15) is 0 Å². The summed E-state index contributed by atoms with van der Waals surface area (Å²) in [5.41, 5.74) is 5.43. The predicted molar refractivity (Wildman–Crippen MR) is 100 cm³/mol. The number of aryl methyl sites for hydroxylation is 2. The number of H-pyrrole nitrogens is 1. The number of fused-ring (bicyclic) bond motifs is 1. The summed E-state index contributed by atoms with van der Waals surface area (Å²) in [5.74, 6) is -0.739. The number of carbonyl (C=O) groups excluding carboxylic acids is 1. The molecule has 0 fully saturated rings. The number of aromatic amines is 1. The molecule has 0 saturated heterocycles. The first-order chi connectivity index (χ1) is 12.5. The van der Waals surface area contributed by atoms with Crippen LogP contribution in [0.5, 0.6) is 0 Å². The highest BCUT2D eigenvalue weighted by atomic mass is 16.4. The first-order valence-electron chi connectivity index (χ1n) is 8.21. The third-order valence-corrected chi connectivity index (χ3v) is 4.34. The van der Waals surface area contributed by atoms with Gasteiger partial charge in [-0.1, -0.05) is 0 Å². The highest BCUT2D eigenvalue weighted by Crippen LogP contribution is 2.19. The van der Waals surface area contributed by atoms with E-state index in [1.165, 1.54) is 0 Å². The number of nitrogens with one attached hydrogen (secondary N) is 2. The van der Waals surface area contributed by atoms with Crippen LogP contribution in [-0.4, -0.2) is 15.5 Å². The lowest BCUT2D eigenvalue weighted by Gasteiger charge is -2.10. The summed E-state index contributed by atoms with van der Waals surface area (Å²) < 4.78 is 7.08. The first-order valence-corrected chi connectivity index (χ1v) is 8.21. The van der Waals surface area contributed by atoms with Gasteiger partial charge in [0.15, 0.2) is 5.58 Å². The second-order valence-corrected chi connectivity index (χ2v) is 6.18. The van der Waals surface area contributed by atoms with Crippen LogP contribution in [0.3, 0.4) is 0 Å². The van der Waals surface area contributed by atoms with Gasteiger partial charge in [0.05, 0.1) is 5.52 Å². The normalized spacial score (nSPS) is 11.0. The van der Waals surface area contributed by atoms with Crippen LogP contribution >= 0.6 is 0 Å². The van der Waals surface area contributed by atoms with Crippen molar-refractivity contribution in [2.24, 2.45) is 0 Å². The van der Waals surface area contributed by atoms with Crippen LogP contribution < -0.4 is 11.1 Å². The van der Waals surface area contributed by atoms with Gasteiger partial charge in [-0.05, 0) is 68.4 Å². The van der Waals surface area contributed by atoms with Crippen molar-refractivity contribution in [2.45, 2.75) is 13.8 Å². The summed E-state index contributed by atoms with van der Waals surface area (Å²) >= 11 is 0. The van der Waals surface area contributed by atoms with Gasteiger partial charge in [-0.3, -0.25) is 9.78 Å². The summed E-state index contributed by atoms with van der Waals surface area (Å²) in [6.07, 6.45) is 0. The second kappa shape index (κ2) is 6.07. The summed E-state index contributed by atoms with van der Waals surface area (Å²) in [5, 5.41) is 2.83. The zero-order valence-corrected chi connectivity index (χ0v) is 14.4. The van der Waals surface area contributed by atoms with Crippen LogP contribution in [0.4, 0.5) is 5.69 Å². The Balaban J connectivity index is 1.56. The maximum Gasteiger partial charge on any atom is 0.417 e. The van der Waals surface area contributed by atoms with Crippen LogP contribution in [0, 0.1) is 13.8 Å². The lowest BCUT2D eigenvalue weighted by atomic mass is 10.1. The number of hydrogen-bond donors (Lipinski definition) is 2. The molecule has 0 atom stereocenters. The molecule has 4 rings (SSSR count). The van der Waals surface area contributed by atoms with E-state index in [-0.39, 0.29) is 5.91 Å². The molecule has 0 spiro atoms. The molecule has 2 aromatic heterocycles. The van der Waals surface area contributed by atoms with E-state index in [2.05, 4.69) is 27.0 Å². The van der Waals surface area contributed by atoms with Crippen LogP contribution in [0.2, 0.25) is 0 Å². The number of rotatable bonds is 3. The van der Waals surface area contributed by atoms with Crippen molar-refractivity contribution < 1.29 is 9.21 Å². The van der Waals surface area contributed by atoms with E-state index in [0.717, 1.165) is 17.1 Å². The third-order valence-electron chi connectivity index (χ3n) is 4.34. The Bertz CT molecular complexity index is 1140. The number of carbonyl (C=O) groups is 1. The highest BCUT2D eigenvalue weighted by molar-refractivity contribution is 6.05. The molecule has 0 saturated carbocycles. The second-order valence-electron chi connectivity index (χ2n) is 6.18. The summed E-state index contributed by atoms with van der Waals surface area (Å²) in [7, 11) is 0. The number of benzene rings is 2. The van der Waals surface area contributed by atoms with Gasteiger partial charge in [-0.15, -0.1) is 0 Å². The number of nitrogens with zero attached hydrogens (tertiary/aromatic N) is 1. The Kier molecular flexibility index (Phi) is 3.73. The van der Waals surface area contributed by atoms with E-state index in [1.807, 2.05) is 26.0 Å². The molecular formula is C20H17N3O3. The molecule has 2 aromatic carbocycles. The van der Waals surface area contributed by atoms with Gasteiger partial charge in [0.25, 0.3) is 5.91 Å². The topological polar surface area (TPSA) is 80.0 Å². The number of anilines is 1. The average molecular weight is 347 g/mol. The smallest absolute Gasteiger partial charge is 0.408 e. The van der Waals surface area contributed by atoms with Crippen molar-refractivity contribution in [3.8, 4) is 5.69 Å². The van der Waals surface area contributed by atoms with Crippen LogP contribution in [-0.2, 0) is 0 Å². The molecule has 6 heteroatoms. The molecule has 26 heavy (non-hydrogen) atoms. The Morgan fingerprint density at radius 1 is 1.00 bits per heavy atom. The predicted octanol–water partition coefficient (Wildman–Crippen LogP) is 3.78. The Morgan fingerprint density at radius 3 is 2.38 bits per heavy atom. The van der Waals surface area contributed by atoms with Crippen molar-refractivity contribution >= 4 is 22.7 Å². The van der Waals surface area contributed by atoms with Crippen LogP contribution in [0.15, 0.2) is 63.8 Å². The lowest BCUT2D eigenvalue weighted by molar-refractivity contribution is 0.102. The van der Waals surface area contributed by atoms with Crippen LogP contribution in [0.25, 0.3) is 16.8 Å². The Hall–Kier alpha value is -3.54. The zero-order chi connectivity index (χ0) is 18.3. The van der Waals surface area contributed by atoms with E-state index in [4.69, 9.17) is 4.42 Å². The van der Waals surface area contributed by atoms with E-state index in [0.29, 0.717) is 22.4 Å². The van der Waals surface area contributed by atoms with Crippen molar-refractivity contribution in [1.82, 2.24) is 9.55 Å². The van der Waals surface area contributed by atoms with Crippen molar-refractivity contribution in [1.29, 1.82) is 0 Å². The minimum atomic E-state index is -0.519. The van der Waals surface area contributed by atoms with Crippen molar-refractivity contribution in [2.75, 3.05) is 5.32 Å². The number of oxazole rings is 1. The Labute approximate surface area is 149 Å². The molecule has 0 unspecified atom stereocenters. The SMILES string of the molecule is Cc1ccc(C)n1-c1ccc(C(=O)Nc2ccc3oc(=O)[nH]c3c2)cc1. The molecule has 0 aliphatic heterocycles. The van der Waals surface area contributed by atoms with Gasteiger partial charge < -0.3 is 14.3 Å². The minimum Gasteiger partial charge on any atom is -0.408 e. The highest BCUT2D eigenvalue weighted by Gasteiger charge is 2.09. The largest absolute Gasteiger partial charge is 0.417 e. The van der Waals surface area contributed by atoms with Gasteiger partial charge in [-0.25, -0.2) is 4.79 Å². The van der Waals surface area contributed by atoms with Gasteiger partial charge in [-0.2, -0.15) is 0 Å². The molecule has 130 valence electrons. The molecular weight excluding hydrogens is 330 g/mol. The fourth-order valence-corrected chi connectivity index (χ4v) is 3.07. The molecule has 0 aliphatic rings. The molecule has 0 bridgehead atoms. The van der Waals surface area contributed by atoms with E-state index in [1.54, 1.807) is 30.3 Å². The molecule has 6 nitrogen and oxygen atoms in total. The number of aromatic nitrogens is 2. The molecule has 4 aromatic rings. The monoisotopic (exact) mass is 347 g/mol. The molecule has 0 aliphatic carbocycles. The first kappa shape index (κ1) is 16.0. The third kappa shape index (κ3) is 2.82. The number of hydrogen-bond acceptors (Lipinski definition) is 3. The van der Waals surface area contributed by atoms with Gasteiger partial charge in [0, 0.05) is 28.3 Å². The molecule has 1 amide bonds. The van der Waals surface area contributed by atoms with E-state index >= 15 is 0 Å². The maximum absolute atomic E-state index is 12.5. The van der Waals surface area contributed by atoms with Gasteiger partial charge in [0.2, 0.25) is 0 Å². The average Bonchev–Trinajstić information content (AvgIpc) is 3.15. The fraction of sp³-hybridized carbons (Fsp3) is 0.100. The lowest BCUT2D eigenvalue weighted by Crippen LogP contribution is -2.12. The Morgan fingerprint density at radius 2 is 1.69 bits per heavy atom. The quantitative estimate of drug-likeness (QED) is 0.592. The molecule has 2 heterocycles. The van der Waals surface area contributed by atoms with E-state index in [9.17, 15) is 9.59 Å². The standard InChI is InChI=1S/C20H17N3O3/c1-12-3-4-13(2)23(12)16-8-5-14(6-9-16)19(24)21-15-7-10-18-17(11-15)22-20(25)26-18/h3-11H,1-2H3,(H,21,24)(H,22,25). The molecule has 2 N–H and O–H groups in total. The number of amides is 1. The molecule has 0 radical (unpaired) electrons. The van der Waals surface area contributed by atoms with Gasteiger partial charge >= 0.3 is 5.76 Å². The summed E-state index contributed by atoms with van der Waals surface area (Å²) in [6.45, 7) is 4.09. The minimum absolute atomic E-state index is 0.220. The van der Waals surface area contributed by atoms with Crippen molar-refractivity contribution in [3.63, 3.8) is 0 Å².